The molecule has 0 saturated heterocycles. The Bertz CT molecular complexity index is 774. The number of nitrogens with zero attached hydrogens (tertiary/aromatic N) is 1. The molecule has 1 heterocycles. The number of pyridine rings is 1. The lowest BCUT2D eigenvalue weighted by molar-refractivity contribution is 0.0949. The van der Waals surface area contributed by atoms with Crippen LogP contribution >= 0.6 is 0 Å². The molecule has 1 aromatic carbocycles. The summed E-state index contributed by atoms with van der Waals surface area (Å²) in [7, 11) is -3.51. The van der Waals surface area contributed by atoms with E-state index in [-0.39, 0.29) is 30.2 Å². The summed E-state index contributed by atoms with van der Waals surface area (Å²) in [6, 6.07) is 8.99. The van der Waals surface area contributed by atoms with Crippen molar-refractivity contribution in [3.63, 3.8) is 0 Å². The van der Waals surface area contributed by atoms with Crippen LogP contribution in [0.2, 0.25) is 0 Å². The highest BCUT2D eigenvalue weighted by molar-refractivity contribution is 7.89. The van der Waals surface area contributed by atoms with Crippen molar-refractivity contribution in [1.82, 2.24) is 10.3 Å². The number of nitrogens with one attached hydrogen (secondary N) is 1. The summed E-state index contributed by atoms with van der Waals surface area (Å²) in [6.45, 7) is 0.198. The molecule has 112 valence electrons. The molecular formula is C13H16N4O3S. The van der Waals surface area contributed by atoms with Crippen molar-refractivity contribution in [1.29, 1.82) is 0 Å². The van der Waals surface area contributed by atoms with Crippen LogP contribution in [-0.2, 0) is 10.0 Å². The van der Waals surface area contributed by atoms with E-state index in [9.17, 15) is 13.2 Å². The second kappa shape index (κ2) is 6.06. The maximum absolute atomic E-state index is 12.0. The maximum Gasteiger partial charge on any atom is 0.269 e. The van der Waals surface area contributed by atoms with Gasteiger partial charge < -0.3 is 11.1 Å². The Morgan fingerprint density at radius 2 is 2.00 bits per heavy atom. The molecule has 0 radical (unpaired) electrons. The van der Waals surface area contributed by atoms with Gasteiger partial charge >= 0.3 is 0 Å². The monoisotopic (exact) mass is 308 g/mol. The van der Waals surface area contributed by atoms with Gasteiger partial charge in [0.05, 0.1) is 5.75 Å². The van der Waals surface area contributed by atoms with E-state index in [1.165, 1.54) is 0 Å². The van der Waals surface area contributed by atoms with Gasteiger partial charge in [-0.1, -0.05) is 24.3 Å². The lowest BCUT2D eigenvalue weighted by Crippen LogP contribution is -2.28. The number of rotatable bonds is 5. The molecule has 2 aromatic rings. The third kappa shape index (κ3) is 4.14. The normalized spacial score (nSPS) is 11.5. The van der Waals surface area contributed by atoms with Crippen molar-refractivity contribution in [2.24, 2.45) is 5.14 Å². The van der Waals surface area contributed by atoms with Crippen molar-refractivity contribution < 1.29 is 13.2 Å². The summed E-state index contributed by atoms with van der Waals surface area (Å²) < 4.78 is 21.5. The predicted molar refractivity (Wildman–Crippen MR) is 81.1 cm³/mol. The molecule has 21 heavy (non-hydrogen) atoms. The first-order valence-corrected chi connectivity index (χ1v) is 8.02. The van der Waals surface area contributed by atoms with E-state index in [0.29, 0.717) is 0 Å². The van der Waals surface area contributed by atoms with Gasteiger partial charge in [0, 0.05) is 11.9 Å². The Labute approximate surface area is 122 Å². The summed E-state index contributed by atoms with van der Waals surface area (Å²) in [4.78, 5) is 16.0. The number of anilines is 1. The zero-order valence-electron chi connectivity index (χ0n) is 11.2. The largest absolute Gasteiger partial charge is 0.383 e. The number of carbonyl (C=O) groups excluding carboxylic acids is 1. The Morgan fingerprint density at radius 1 is 1.29 bits per heavy atom. The molecule has 0 atom stereocenters. The average molecular weight is 308 g/mol. The highest BCUT2D eigenvalue weighted by atomic mass is 32.2. The van der Waals surface area contributed by atoms with Crippen LogP contribution in [0, 0.1) is 0 Å². The van der Waals surface area contributed by atoms with Crippen molar-refractivity contribution in [2.45, 2.75) is 6.42 Å². The number of hydrogen-bond donors (Lipinski definition) is 3. The smallest absolute Gasteiger partial charge is 0.269 e. The third-order valence-corrected chi connectivity index (χ3v) is 3.75. The van der Waals surface area contributed by atoms with Gasteiger partial charge in [-0.15, -0.1) is 0 Å². The number of nitrogen functional groups attached to an aromatic ring is 1. The first-order valence-electron chi connectivity index (χ1n) is 6.31. The predicted octanol–water partition coefficient (Wildman–Crippen LogP) is 0.225. The van der Waals surface area contributed by atoms with Crippen LogP contribution in [0.4, 0.5) is 5.82 Å². The highest BCUT2D eigenvalue weighted by Gasteiger charge is 2.10. The van der Waals surface area contributed by atoms with Gasteiger partial charge in [-0.05, 0) is 17.9 Å². The average Bonchev–Trinajstić information content (AvgIpc) is 2.42. The third-order valence-electron chi connectivity index (χ3n) is 2.89. The fourth-order valence-corrected chi connectivity index (χ4v) is 2.45. The van der Waals surface area contributed by atoms with Crippen molar-refractivity contribution >= 4 is 32.5 Å². The molecule has 8 heteroatoms. The topological polar surface area (TPSA) is 128 Å². The fraction of sp³-hybridized carbons (Fsp3) is 0.231. The highest BCUT2D eigenvalue weighted by Crippen LogP contribution is 2.19. The van der Waals surface area contributed by atoms with Gasteiger partial charge in [0.1, 0.15) is 11.5 Å². The molecule has 2 rings (SSSR count). The van der Waals surface area contributed by atoms with E-state index in [4.69, 9.17) is 10.9 Å². The molecule has 0 spiro atoms. The molecule has 0 bridgehead atoms. The van der Waals surface area contributed by atoms with E-state index in [2.05, 4.69) is 10.3 Å². The summed E-state index contributed by atoms with van der Waals surface area (Å²) in [5, 5.41) is 9.06. The van der Waals surface area contributed by atoms with Gasteiger partial charge in [0.2, 0.25) is 10.0 Å². The number of sulfonamides is 1. The zero-order chi connectivity index (χ0) is 15.5. The number of hydrogen-bond acceptors (Lipinski definition) is 5. The first kappa shape index (κ1) is 15.2. The number of benzene rings is 1. The van der Waals surface area contributed by atoms with Crippen LogP contribution in [0.3, 0.4) is 0 Å². The molecule has 5 N–H and O–H groups in total. The summed E-state index contributed by atoms with van der Waals surface area (Å²) >= 11 is 0. The van der Waals surface area contributed by atoms with E-state index < -0.39 is 15.9 Å². The Morgan fingerprint density at radius 3 is 2.71 bits per heavy atom. The molecule has 0 fully saturated rings. The van der Waals surface area contributed by atoms with Crippen molar-refractivity contribution in [3.8, 4) is 0 Å². The standard InChI is InChI=1S/C13H16N4O3S/c14-12-10-5-2-1-4-9(10)8-11(17-12)13(18)16-6-3-7-21(15,19)20/h1-2,4-5,8H,3,6-7H2,(H2,14,17)(H,16,18)(H2,15,19,20). The van der Waals surface area contributed by atoms with Crippen LogP contribution < -0.4 is 16.2 Å². The number of carbonyl (C=O) groups is 1. The minimum atomic E-state index is -3.51. The lowest BCUT2D eigenvalue weighted by atomic mass is 10.1. The van der Waals surface area contributed by atoms with E-state index >= 15 is 0 Å². The Kier molecular flexibility index (Phi) is 4.39. The van der Waals surface area contributed by atoms with Gasteiger partial charge in [0.25, 0.3) is 5.91 Å². The number of aromatic nitrogens is 1. The maximum atomic E-state index is 12.0. The van der Waals surface area contributed by atoms with E-state index in [1.54, 1.807) is 6.07 Å². The molecule has 0 saturated carbocycles. The zero-order valence-corrected chi connectivity index (χ0v) is 12.1. The number of amides is 1. The number of nitrogens with two attached hydrogens (primary N) is 2. The second-order valence-electron chi connectivity index (χ2n) is 4.59. The van der Waals surface area contributed by atoms with Crippen LogP contribution in [-0.4, -0.2) is 31.6 Å². The molecule has 1 amide bonds. The Hall–Kier alpha value is -2.19. The van der Waals surface area contributed by atoms with E-state index in [0.717, 1.165) is 10.8 Å². The lowest BCUT2D eigenvalue weighted by Gasteiger charge is -2.07. The fourth-order valence-electron chi connectivity index (χ4n) is 1.91. The molecular weight excluding hydrogens is 292 g/mol. The number of fused-ring (bicyclic) bond motifs is 1. The Balaban J connectivity index is 2.06. The van der Waals surface area contributed by atoms with Crippen LogP contribution in [0.15, 0.2) is 30.3 Å². The first-order chi connectivity index (χ1) is 9.87. The molecule has 7 nitrogen and oxygen atoms in total. The summed E-state index contributed by atoms with van der Waals surface area (Å²) in [6.07, 6.45) is 0.244. The van der Waals surface area contributed by atoms with E-state index in [1.807, 2.05) is 24.3 Å². The summed E-state index contributed by atoms with van der Waals surface area (Å²) in [5.74, 6) is -0.301. The molecule has 0 aliphatic heterocycles. The van der Waals surface area contributed by atoms with Crippen molar-refractivity contribution in [2.75, 3.05) is 18.0 Å². The van der Waals surface area contributed by atoms with Gasteiger partial charge in [-0.25, -0.2) is 18.5 Å². The molecule has 1 aromatic heterocycles. The minimum Gasteiger partial charge on any atom is -0.383 e. The van der Waals surface area contributed by atoms with Gasteiger partial charge in [-0.3, -0.25) is 4.79 Å². The SMILES string of the molecule is Nc1nc(C(=O)NCCCS(N)(=O)=O)cc2ccccc12. The van der Waals surface area contributed by atoms with Crippen LogP contribution in [0.25, 0.3) is 10.8 Å². The van der Waals surface area contributed by atoms with Gasteiger partial charge in [-0.2, -0.15) is 0 Å². The van der Waals surface area contributed by atoms with Crippen LogP contribution in [0.1, 0.15) is 16.9 Å². The van der Waals surface area contributed by atoms with Crippen molar-refractivity contribution in [3.05, 3.63) is 36.0 Å². The van der Waals surface area contributed by atoms with Gasteiger partial charge in [0.15, 0.2) is 0 Å². The molecule has 0 aliphatic carbocycles. The quantitative estimate of drug-likeness (QED) is 0.681. The molecule has 0 aliphatic rings. The summed E-state index contributed by atoms with van der Waals surface area (Å²) in [5.41, 5.74) is 6.02. The van der Waals surface area contributed by atoms with Crippen LogP contribution in [0.5, 0.6) is 0 Å². The second-order valence-corrected chi connectivity index (χ2v) is 6.32. The number of primary sulfonamides is 1. The molecule has 0 unspecified atom stereocenters. The minimum absolute atomic E-state index is 0.180.